The van der Waals surface area contributed by atoms with Gasteiger partial charge in [-0.25, -0.2) is 8.42 Å². The van der Waals surface area contributed by atoms with Gasteiger partial charge in [-0.05, 0) is 37.0 Å². The van der Waals surface area contributed by atoms with Gasteiger partial charge in [0.1, 0.15) is 0 Å². The summed E-state index contributed by atoms with van der Waals surface area (Å²) in [6.45, 7) is 2.01. The first-order valence-corrected chi connectivity index (χ1v) is 12.4. The van der Waals surface area contributed by atoms with Gasteiger partial charge in [0.15, 0.2) is 15.7 Å². The molecule has 1 aliphatic rings. The number of halogens is 1. The third-order valence-corrected chi connectivity index (χ3v) is 7.04. The maximum Gasteiger partial charge on any atom is 0.233 e. The molecule has 1 aliphatic carbocycles. The number of carbonyl (C=O) groups is 1. The molecule has 0 radical (unpaired) electrons. The molecule has 2 unspecified atom stereocenters. The fourth-order valence-corrected chi connectivity index (χ4v) is 5.36. The number of carbonyl (C=O) groups excluding carboxylic acids is 1. The number of aliphatic hydroxyl groups excluding tert-OH is 1. The molecular formula is C21H28ClN3O4S. The monoisotopic (exact) mass is 453 g/mol. The van der Waals surface area contributed by atoms with Crippen LogP contribution in [0.5, 0.6) is 0 Å². The lowest BCUT2D eigenvalue weighted by molar-refractivity contribution is -0.118. The molecule has 1 aromatic carbocycles. The van der Waals surface area contributed by atoms with Crippen LogP contribution in [0.2, 0.25) is 5.02 Å². The molecule has 30 heavy (non-hydrogen) atoms. The van der Waals surface area contributed by atoms with Crippen molar-refractivity contribution in [3.63, 3.8) is 0 Å². The van der Waals surface area contributed by atoms with E-state index >= 15 is 0 Å². The van der Waals surface area contributed by atoms with Gasteiger partial charge in [-0.2, -0.15) is 5.10 Å². The Morgan fingerprint density at radius 2 is 2.03 bits per heavy atom. The number of aliphatic hydroxyl groups is 1. The summed E-state index contributed by atoms with van der Waals surface area (Å²) in [7, 11) is -3.44. The van der Waals surface area contributed by atoms with Crippen molar-refractivity contribution < 1.29 is 18.3 Å². The quantitative estimate of drug-likeness (QED) is 0.635. The fourth-order valence-electron chi connectivity index (χ4n) is 4.02. The molecule has 0 saturated heterocycles. The van der Waals surface area contributed by atoms with Crippen molar-refractivity contribution >= 4 is 33.2 Å². The van der Waals surface area contributed by atoms with Crippen molar-refractivity contribution in [1.82, 2.24) is 9.78 Å². The normalized spacial score (nSPS) is 17.1. The molecule has 164 valence electrons. The van der Waals surface area contributed by atoms with Crippen LogP contribution in [0.4, 0.5) is 5.82 Å². The van der Waals surface area contributed by atoms with Gasteiger partial charge in [0.2, 0.25) is 5.91 Å². The van der Waals surface area contributed by atoms with Gasteiger partial charge in [-0.1, -0.05) is 43.4 Å². The molecule has 1 saturated carbocycles. The number of sulfone groups is 1. The van der Waals surface area contributed by atoms with Gasteiger partial charge in [0, 0.05) is 18.5 Å². The molecule has 0 spiro atoms. The minimum absolute atomic E-state index is 0.0600. The number of anilines is 1. The van der Waals surface area contributed by atoms with Crippen LogP contribution in [-0.2, 0) is 21.2 Å². The third-order valence-electron chi connectivity index (χ3n) is 5.46. The Morgan fingerprint density at radius 1 is 1.33 bits per heavy atom. The second kappa shape index (κ2) is 9.49. The molecule has 1 fully saturated rings. The zero-order valence-electron chi connectivity index (χ0n) is 17.2. The van der Waals surface area contributed by atoms with Crippen molar-refractivity contribution in [2.24, 2.45) is 5.92 Å². The summed E-state index contributed by atoms with van der Waals surface area (Å²) in [5, 5.41) is 16.8. The highest BCUT2D eigenvalue weighted by Gasteiger charge is 2.28. The maximum atomic E-state index is 13.2. The summed E-state index contributed by atoms with van der Waals surface area (Å²) in [6, 6.07) is 6.42. The molecule has 9 heteroatoms. The molecule has 0 bridgehead atoms. The number of benzene rings is 1. The van der Waals surface area contributed by atoms with Crippen LogP contribution in [0, 0.1) is 5.92 Å². The van der Waals surface area contributed by atoms with E-state index in [0.29, 0.717) is 30.3 Å². The smallest absolute Gasteiger partial charge is 0.233 e. The molecule has 3 rings (SSSR count). The van der Waals surface area contributed by atoms with Gasteiger partial charge in [0.25, 0.3) is 0 Å². The van der Waals surface area contributed by atoms with Gasteiger partial charge in [-0.15, -0.1) is 0 Å². The Labute approximate surface area is 182 Å². The Hall–Kier alpha value is -1.90. The highest BCUT2D eigenvalue weighted by molar-refractivity contribution is 7.90. The fraction of sp³-hybridized carbons (Fsp3) is 0.524. The first kappa shape index (κ1) is 22.8. The predicted molar refractivity (Wildman–Crippen MR) is 116 cm³/mol. The Kier molecular flexibility index (Phi) is 7.21. The van der Waals surface area contributed by atoms with E-state index in [0.717, 1.165) is 31.9 Å². The van der Waals surface area contributed by atoms with E-state index in [1.165, 1.54) is 6.07 Å². The molecular weight excluding hydrogens is 426 g/mol. The second-order valence-corrected chi connectivity index (χ2v) is 10.6. The van der Waals surface area contributed by atoms with E-state index in [-0.39, 0.29) is 15.8 Å². The van der Waals surface area contributed by atoms with Gasteiger partial charge in [0.05, 0.1) is 28.5 Å². The van der Waals surface area contributed by atoms with Crippen LogP contribution in [0.3, 0.4) is 0 Å². The topological polar surface area (TPSA) is 101 Å². The lowest BCUT2D eigenvalue weighted by Gasteiger charge is -2.21. The van der Waals surface area contributed by atoms with E-state index in [2.05, 4.69) is 10.4 Å². The van der Waals surface area contributed by atoms with Crippen molar-refractivity contribution in [1.29, 1.82) is 0 Å². The van der Waals surface area contributed by atoms with Crippen LogP contribution in [0.15, 0.2) is 35.4 Å². The van der Waals surface area contributed by atoms with E-state index in [1.807, 2.05) is 0 Å². The molecule has 7 nitrogen and oxygen atoms in total. The lowest BCUT2D eigenvalue weighted by Crippen LogP contribution is -2.24. The standard InChI is InChI=1S/C21H28ClN3O4S/c1-14(26)13-25-10-9-20(24-25)23-21(27)17(11-15-5-3-4-6-15)16-7-8-19(18(22)12-16)30(2,28)29/h7-10,12,14-15,17,26H,3-6,11,13H2,1-2H3,(H,23,24,27). The zero-order valence-corrected chi connectivity index (χ0v) is 18.8. The SMILES string of the molecule is CC(O)Cn1ccc(NC(=O)C(CC2CCCC2)c2ccc(S(C)(=O)=O)c(Cl)c2)n1. The van der Waals surface area contributed by atoms with Gasteiger partial charge >= 0.3 is 0 Å². The molecule has 1 amide bonds. The van der Waals surface area contributed by atoms with Gasteiger partial charge in [-0.3, -0.25) is 9.48 Å². The molecule has 0 aliphatic heterocycles. The van der Waals surface area contributed by atoms with E-state index in [9.17, 15) is 18.3 Å². The summed E-state index contributed by atoms with van der Waals surface area (Å²) in [6.07, 6.45) is 7.44. The van der Waals surface area contributed by atoms with Crippen LogP contribution in [-0.4, -0.2) is 41.6 Å². The largest absolute Gasteiger partial charge is 0.391 e. The number of rotatable bonds is 8. The molecule has 1 heterocycles. The minimum atomic E-state index is -3.44. The van der Waals surface area contributed by atoms with E-state index in [1.54, 1.807) is 36.0 Å². The summed E-state index contributed by atoms with van der Waals surface area (Å²) < 4.78 is 25.3. The van der Waals surface area contributed by atoms with Crippen molar-refractivity contribution in [2.75, 3.05) is 11.6 Å². The number of hydrogen-bond donors (Lipinski definition) is 2. The van der Waals surface area contributed by atoms with Gasteiger partial charge < -0.3 is 10.4 Å². The average molecular weight is 454 g/mol. The predicted octanol–water partition coefficient (Wildman–Crippen LogP) is 3.62. The number of amides is 1. The Balaban J connectivity index is 1.84. The highest BCUT2D eigenvalue weighted by atomic mass is 35.5. The Bertz CT molecular complexity index is 997. The Morgan fingerprint density at radius 3 is 2.63 bits per heavy atom. The van der Waals surface area contributed by atoms with Crippen molar-refractivity contribution in [2.45, 2.75) is 62.5 Å². The number of hydrogen-bond acceptors (Lipinski definition) is 5. The lowest BCUT2D eigenvalue weighted by atomic mass is 9.87. The third kappa shape index (κ3) is 5.83. The second-order valence-electron chi connectivity index (χ2n) is 8.16. The van der Waals surface area contributed by atoms with Crippen molar-refractivity contribution in [3.05, 3.63) is 41.0 Å². The van der Waals surface area contributed by atoms with E-state index in [4.69, 9.17) is 11.6 Å². The minimum Gasteiger partial charge on any atom is -0.391 e. The summed E-state index contributed by atoms with van der Waals surface area (Å²) in [4.78, 5) is 13.2. The number of nitrogens with zero attached hydrogens (tertiary/aromatic N) is 2. The maximum absolute atomic E-state index is 13.2. The highest BCUT2D eigenvalue weighted by Crippen LogP contribution is 2.36. The van der Waals surface area contributed by atoms with Crippen LogP contribution in [0.25, 0.3) is 0 Å². The molecule has 1 aromatic heterocycles. The summed E-state index contributed by atoms with van der Waals surface area (Å²) >= 11 is 6.24. The molecule has 2 N–H and O–H groups in total. The first-order chi connectivity index (χ1) is 14.1. The van der Waals surface area contributed by atoms with Crippen molar-refractivity contribution in [3.8, 4) is 0 Å². The van der Waals surface area contributed by atoms with E-state index < -0.39 is 21.9 Å². The van der Waals surface area contributed by atoms with Crippen LogP contribution >= 0.6 is 11.6 Å². The van der Waals surface area contributed by atoms with Crippen LogP contribution in [0.1, 0.15) is 50.5 Å². The number of nitrogens with one attached hydrogen (secondary N) is 1. The average Bonchev–Trinajstić information content (AvgIpc) is 3.30. The van der Waals surface area contributed by atoms with Crippen LogP contribution < -0.4 is 5.32 Å². The summed E-state index contributed by atoms with van der Waals surface area (Å²) in [5.74, 6) is 0.200. The number of aromatic nitrogens is 2. The zero-order chi connectivity index (χ0) is 21.9. The molecule has 2 atom stereocenters. The molecule has 2 aromatic rings. The first-order valence-electron chi connectivity index (χ1n) is 10.2. The summed E-state index contributed by atoms with van der Waals surface area (Å²) in [5.41, 5.74) is 0.695.